The second-order valence-electron chi connectivity index (χ2n) is 4.89. The lowest BCUT2D eigenvalue weighted by atomic mass is 10.1. The maximum atomic E-state index is 4.65. The number of anilines is 1. The van der Waals surface area contributed by atoms with Crippen LogP contribution in [0.25, 0.3) is 11.3 Å². The summed E-state index contributed by atoms with van der Waals surface area (Å²) in [5, 5.41) is 3.36. The van der Waals surface area contributed by atoms with Crippen molar-refractivity contribution in [1.82, 2.24) is 9.97 Å². The molecule has 0 fully saturated rings. The summed E-state index contributed by atoms with van der Waals surface area (Å²) in [5.74, 6) is 1.82. The molecule has 2 rings (SSSR count). The second-order valence-corrected chi connectivity index (χ2v) is 4.89. The molecule has 1 aromatic heterocycles. The van der Waals surface area contributed by atoms with Crippen LogP contribution in [0.3, 0.4) is 0 Å². The lowest BCUT2D eigenvalue weighted by molar-refractivity contribution is 0.919. The molecule has 2 aromatic rings. The van der Waals surface area contributed by atoms with E-state index in [0.29, 0.717) is 0 Å². The fourth-order valence-corrected chi connectivity index (χ4v) is 2.10. The van der Waals surface area contributed by atoms with E-state index in [2.05, 4.69) is 60.3 Å². The number of nitrogens with one attached hydrogen (secondary N) is 1. The molecule has 0 unspecified atom stereocenters. The highest BCUT2D eigenvalue weighted by atomic mass is 15.0. The summed E-state index contributed by atoms with van der Waals surface area (Å²) in [6.45, 7) is 7.35. The number of aryl methyl sites for hydroxylation is 2. The van der Waals surface area contributed by atoms with E-state index < -0.39 is 0 Å². The Bertz CT molecular complexity index is 564. The molecule has 0 saturated heterocycles. The summed E-state index contributed by atoms with van der Waals surface area (Å²) in [6.07, 6.45) is 2.98. The van der Waals surface area contributed by atoms with Gasteiger partial charge in [-0.15, -0.1) is 0 Å². The first-order valence-corrected chi connectivity index (χ1v) is 7.48. The first-order chi connectivity index (χ1) is 9.76. The zero-order valence-corrected chi connectivity index (χ0v) is 12.6. The van der Waals surface area contributed by atoms with Crippen LogP contribution in [-0.4, -0.2) is 16.5 Å². The number of nitrogens with zero attached hydrogens (tertiary/aromatic N) is 2. The van der Waals surface area contributed by atoms with Crippen LogP contribution in [0.5, 0.6) is 0 Å². The highest BCUT2D eigenvalue weighted by Gasteiger charge is 2.06. The maximum Gasteiger partial charge on any atom is 0.131 e. The van der Waals surface area contributed by atoms with Gasteiger partial charge in [0.15, 0.2) is 0 Å². The molecule has 0 bridgehead atoms. The van der Waals surface area contributed by atoms with Gasteiger partial charge in [0.25, 0.3) is 0 Å². The predicted molar refractivity (Wildman–Crippen MR) is 85.0 cm³/mol. The summed E-state index contributed by atoms with van der Waals surface area (Å²) in [7, 11) is 0. The standard InChI is InChI=1S/C17H23N3/c1-4-10-18-17-12-15(19-16(6-3)20-17)14-9-7-8-13(5-2)11-14/h7-9,11-12H,4-6,10H2,1-3H3,(H,18,19,20). The third kappa shape index (κ3) is 3.56. The van der Waals surface area contributed by atoms with Crippen molar-refractivity contribution in [2.24, 2.45) is 0 Å². The van der Waals surface area contributed by atoms with Crippen LogP contribution in [0, 0.1) is 0 Å². The van der Waals surface area contributed by atoms with E-state index in [0.717, 1.165) is 43.1 Å². The lowest BCUT2D eigenvalue weighted by Crippen LogP contribution is -2.05. The fraction of sp³-hybridized carbons (Fsp3) is 0.412. The zero-order chi connectivity index (χ0) is 14.4. The van der Waals surface area contributed by atoms with Gasteiger partial charge in [-0.1, -0.05) is 39.0 Å². The molecular formula is C17H23N3. The van der Waals surface area contributed by atoms with E-state index in [1.54, 1.807) is 0 Å². The molecule has 0 aliphatic carbocycles. The second kappa shape index (κ2) is 7.04. The Kier molecular flexibility index (Phi) is 5.10. The van der Waals surface area contributed by atoms with E-state index in [9.17, 15) is 0 Å². The van der Waals surface area contributed by atoms with Crippen molar-refractivity contribution in [1.29, 1.82) is 0 Å². The first-order valence-electron chi connectivity index (χ1n) is 7.48. The quantitative estimate of drug-likeness (QED) is 0.858. The summed E-state index contributed by atoms with van der Waals surface area (Å²) < 4.78 is 0. The minimum atomic E-state index is 0.849. The molecule has 1 heterocycles. The van der Waals surface area contributed by atoms with Crippen LogP contribution in [0.15, 0.2) is 30.3 Å². The van der Waals surface area contributed by atoms with Gasteiger partial charge in [-0.3, -0.25) is 0 Å². The predicted octanol–water partition coefficient (Wildman–Crippen LogP) is 4.09. The van der Waals surface area contributed by atoms with Gasteiger partial charge in [-0.2, -0.15) is 0 Å². The maximum absolute atomic E-state index is 4.65. The zero-order valence-electron chi connectivity index (χ0n) is 12.6. The van der Waals surface area contributed by atoms with Gasteiger partial charge in [-0.25, -0.2) is 9.97 Å². The SMILES string of the molecule is CCCNc1cc(-c2cccc(CC)c2)nc(CC)n1. The van der Waals surface area contributed by atoms with Crippen molar-refractivity contribution in [3.05, 3.63) is 41.7 Å². The number of rotatable bonds is 6. The number of hydrogen-bond donors (Lipinski definition) is 1. The molecule has 3 heteroatoms. The molecular weight excluding hydrogens is 246 g/mol. The average molecular weight is 269 g/mol. The number of hydrogen-bond acceptors (Lipinski definition) is 3. The van der Waals surface area contributed by atoms with Crippen molar-refractivity contribution < 1.29 is 0 Å². The van der Waals surface area contributed by atoms with Gasteiger partial charge in [0.2, 0.25) is 0 Å². The van der Waals surface area contributed by atoms with Gasteiger partial charge in [0.05, 0.1) is 5.69 Å². The minimum absolute atomic E-state index is 0.849. The third-order valence-corrected chi connectivity index (χ3v) is 3.28. The van der Waals surface area contributed by atoms with E-state index in [-0.39, 0.29) is 0 Å². The summed E-state index contributed by atoms with van der Waals surface area (Å²) in [5.41, 5.74) is 3.51. The monoisotopic (exact) mass is 269 g/mol. The molecule has 106 valence electrons. The summed E-state index contributed by atoms with van der Waals surface area (Å²) >= 11 is 0. The smallest absolute Gasteiger partial charge is 0.131 e. The molecule has 1 N–H and O–H groups in total. The Morgan fingerprint density at radius 1 is 1.00 bits per heavy atom. The Morgan fingerprint density at radius 3 is 2.55 bits per heavy atom. The van der Waals surface area contributed by atoms with Crippen molar-refractivity contribution in [3.63, 3.8) is 0 Å². The third-order valence-electron chi connectivity index (χ3n) is 3.28. The largest absolute Gasteiger partial charge is 0.370 e. The Balaban J connectivity index is 2.38. The molecule has 0 saturated carbocycles. The lowest BCUT2D eigenvalue weighted by Gasteiger charge is -2.09. The van der Waals surface area contributed by atoms with Gasteiger partial charge >= 0.3 is 0 Å². The molecule has 0 amide bonds. The highest BCUT2D eigenvalue weighted by Crippen LogP contribution is 2.21. The number of benzene rings is 1. The van der Waals surface area contributed by atoms with Crippen molar-refractivity contribution in [3.8, 4) is 11.3 Å². The van der Waals surface area contributed by atoms with Crippen LogP contribution in [0.4, 0.5) is 5.82 Å². The fourth-order valence-electron chi connectivity index (χ4n) is 2.10. The highest BCUT2D eigenvalue weighted by molar-refractivity contribution is 5.63. The van der Waals surface area contributed by atoms with Gasteiger partial charge in [0, 0.05) is 24.6 Å². The molecule has 0 aliphatic rings. The average Bonchev–Trinajstić information content (AvgIpc) is 2.52. The van der Waals surface area contributed by atoms with Crippen molar-refractivity contribution in [2.45, 2.75) is 40.0 Å². The molecule has 1 aromatic carbocycles. The Labute approximate surface area is 121 Å². The molecule has 0 aliphatic heterocycles. The van der Waals surface area contributed by atoms with Crippen LogP contribution < -0.4 is 5.32 Å². The summed E-state index contributed by atoms with van der Waals surface area (Å²) in [4.78, 5) is 9.19. The summed E-state index contributed by atoms with van der Waals surface area (Å²) in [6, 6.07) is 10.6. The molecule has 0 radical (unpaired) electrons. The topological polar surface area (TPSA) is 37.8 Å². The molecule has 0 spiro atoms. The molecule has 0 atom stereocenters. The molecule has 20 heavy (non-hydrogen) atoms. The van der Waals surface area contributed by atoms with Crippen molar-refractivity contribution >= 4 is 5.82 Å². The Morgan fingerprint density at radius 2 is 1.85 bits per heavy atom. The van der Waals surface area contributed by atoms with Crippen LogP contribution >= 0.6 is 0 Å². The first kappa shape index (κ1) is 14.5. The van der Waals surface area contributed by atoms with E-state index in [1.165, 1.54) is 11.1 Å². The van der Waals surface area contributed by atoms with Crippen LogP contribution in [0.1, 0.15) is 38.6 Å². The minimum Gasteiger partial charge on any atom is -0.370 e. The van der Waals surface area contributed by atoms with Crippen LogP contribution in [0.2, 0.25) is 0 Å². The van der Waals surface area contributed by atoms with Crippen molar-refractivity contribution in [2.75, 3.05) is 11.9 Å². The van der Waals surface area contributed by atoms with Crippen LogP contribution in [-0.2, 0) is 12.8 Å². The van der Waals surface area contributed by atoms with Gasteiger partial charge < -0.3 is 5.32 Å². The normalized spacial score (nSPS) is 10.6. The van der Waals surface area contributed by atoms with E-state index in [4.69, 9.17) is 0 Å². The van der Waals surface area contributed by atoms with Gasteiger partial charge in [0.1, 0.15) is 11.6 Å². The van der Waals surface area contributed by atoms with E-state index in [1.807, 2.05) is 6.07 Å². The number of aromatic nitrogens is 2. The Hall–Kier alpha value is -1.90. The van der Waals surface area contributed by atoms with Gasteiger partial charge in [-0.05, 0) is 24.5 Å². The van der Waals surface area contributed by atoms with E-state index >= 15 is 0 Å². The molecule has 3 nitrogen and oxygen atoms in total.